The molecule has 96 valence electrons. The Bertz CT molecular complexity index is 474. The van der Waals surface area contributed by atoms with Crippen molar-refractivity contribution in [3.8, 4) is 11.5 Å². The lowest BCUT2D eigenvalue weighted by atomic mass is 10.0. The molecule has 0 aromatic heterocycles. The second-order valence-corrected chi connectivity index (χ2v) is 4.35. The smallest absolute Gasteiger partial charge is 0.328 e. The normalized spacial score (nSPS) is 21.2. The highest BCUT2D eigenvalue weighted by Crippen LogP contribution is 2.36. The van der Waals surface area contributed by atoms with E-state index in [4.69, 9.17) is 14.2 Å². The maximum atomic E-state index is 11.5. The molecule has 0 amide bonds. The maximum Gasteiger partial charge on any atom is 0.328 e. The Labute approximate surface area is 105 Å². The summed E-state index contributed by atoms with van der Waals surface area (Å²) < 4.78 is 15.8. The van der Waals surface area contributed by atoms with E-state index < -0.39 is 0 Å². The van der Waals surface area contributed by atoms with Crippen LogP contribution in [0.2, 0.25) is 0 Å². The number of anilines is 1. The van der Waals surface area contributed by atoms with Crippen LogP contribution in [-0.2, 0) is 9.53 Å². The predicted octanol–water partition coefficient (Wildman–Crippen LogP) is 1.21. The molecule has 0 spiro atoms. The zero-order valence-corrected chi connectivity index (χ0v) is 10.2. The number of carbonyl (C=O) groups is 1. The lowest BCUT2D eigenvalue weighted by molar-refractivity contribution is -0.143. The molecule has 0 radical (unpaired) electrons. The van der Waals surface area contributed by atoms with Crippen molar-refractivity contribution < 1.29 is 19.0 Å². The van der Waals surface area contributed by atoms with Gasteiger partial charge in [0.2, 0.25) is 0 Å². The summed E-state index contributed by atoms with van der Waals surface area (Å²) in [5.41, 5.74) is 0.973. The Hall–Kier alpha value is -1.91. The van der Waals surface area contributed by atoms with Crippen LogP contribution in [0.5, 0.6) is 11.5 Å². The molecule has 2 aliphatic heterocycles. The second kappa shape index (κ2) is 4.40. The number of benzene rings is 1. The van der Waals surface area contributed by atoms with Crippen molar-refractivity contribution in [2.24, 2.45) is 0 Å². The third kappa shape index (κ3) is 1.75. The third-order valence-corrected chi connectivity index (χ3v) is 3.35. The van der Waals surface area contributed by atoms with Crippen molar-refractivity contribution in [3.05, 3.63) is 18.2 Å². The van der Waals surface area contributed by atoms with Crippen molar-refractivity contribution >= 4 is 11.7 Å². The summed E-state index contributed by atoms with van der Waals surface area (Å²) in [6.45, 7) is 2.01. The first kappa shape index (κ1) is 11.2. The third-order valence-electron chi connectivity index (χ3n) is 3.35. The largest absolute Gasteiger partial charge is 0.486 e. The van der Waals surface area contributed by atoms with Gasteiger partial charge in [-0.15, -0.1) is 0 Å². The molecule has 2 aliphatic rings. The number of hydrogen-bond acceptors (Lipinski definition) is 5. The maximum absolute atomic E-state index is 11.5. The molecule has 1 saturated heterocycles. The molecule has 2 heterocycles. The molecule has 0 bridgehead atoms. The number of fused-ring (bicyclic) bond motifs is 1. The number of nitrogens with zero attached hydrogens (tertiary/aromatic N) is 1. The van der Waals surface area contributed by atoms with Gasteiger partial charge >= 0.3 is 5.97 Å². The molecule has 1 aromatic rings. The Morgan fingerprint density at radius 2 is 2.11 bits per heavy atom. The quantitative estimate of drug-likeness (QED) is 0.737. The van der Waals surface area contributed by atoms with Gasteiger partial charge in [-0.25, -0.2) is 4.79 Å². The van der Waals surface area contributed by atoms with Gasteiger partial charge in [0, 0.05) is 18.3 Å². The first-order valence-electron chi connectivity index (χ1n) is 6.04. The van der Waals surface area contributed by atoms with E-state index in [1.54, 1.807) is 0 Å². The monoisotopic (exact) mass is 249 g/mol. The fourth-order valence-corrected chi connectivity index (χ4v) is 2.29. The van der Waals surface area contributed by atoms with Crippen LogP contribution in [0.3, 0.4) is 0 Å². The number of methoxy groups -OCH3 is 1. The van der Waals surface area contributed by atoms with Crippen LogP contribution in [0, 0.1) is 0 Å². The molecule has 3 rings (SSSR count). The number of esters is 1. The highest BCUT2D eigenvalue weighted by molar-refractivity contribution is 5.82. The molecule has 1 atom stereocenters. The number of rotatable bonds is 2. The van der Waals surface area contributed by atoms with Crippen LogP contribution in [0.25, 0.3) is 0 Å². The van der Waals surface area contributed by atoms with Crippen molar-refractivity contribution in [1.82, 2.24) is 0 Å². The second-order valence-electron chi connectivity index (χ2n) is 4.35. The molecule has 5 nitrogen and oxygen atoms in total. The van der Waals surface area contributed by atoms with Gasteiger partial charge in [0.15, 0.2) is 11.5 Å². The summed E-state index contributed by atoms with van der Waals surface area (Å²) in [4.78, 5) is 13.6. The van der Waals surface area contributed by atoms with Crippen LogP contribution < -0.4 is 14.4 Å². The fraction of sp³-hybridized carbons (Fsp3) is 0.462. The van der Waals surface area contributed by atoms with Crippen LogP contribution in [-0.4, -0.2) is 38.9 Å². The predicted molar refractivity (Wildman–Crippen MR) is 65.2 cm³/mol. The van der Waals surface area contributed by atoms with Crippen molar-refractivity contribution in [2.75, 3.05) is 31.8 Å². The van der Waals surface area contributed by atoms with Crippen LogP contribution in [0.15, 0.2) is 18.2 Å². The van der Waals surface area contributed by atoms with Gasteiger partial charge in [-0.2, -0.15) is 0 Å². The fourth-order valence-electron chi connectivity index (χ4n) is 2.29. The lowest BCUT2D eigenvalue weighted by Crippen LogP contribution is -2.53. The van der Waals surface area contributed by atoms with E-state index in [2.05, 4.69) is 0 Å². The Morgan fingerprint density at radius 1 is 1.33 bits per heavy atom. The molecule has 0 N–H and O–H groups in total. The number of ether oxygens (including phenoxy) is 3. The zero-order chi connectivity index (χ0) is 12.5. The minimum absolute atomic E-state index is 0.169. The first-order chi connectivity index (χ1) is 8.79. The molecular formula is C13H15NO4. The molecule has 0 saturated carbocycles. The van der Waals surface area contributed by atoms with E-state index in [1.165, 1.54) is 7.11 Å². The molecule has 1 aromatic carbocycles. The van der Waals surface area contributed by atoms with Crippen LogP contribution >= 0.6 is 0 Å². The molecule has 5 heteroatoms. The highest BCUT2D eigenvalue weighted by Gasteiger charge is 2.35. The average Bonchev–Trinajstić information content (AvgIpc) is 2.37. The van der Waals surface area contributed by atoms with Gasteiger partial charge in [-0.3, -0.25) is 0 Å². The SMILES string of the molecule is COC(=O)C1CCN1c1ccc2c(c1)OCCO2. The van der Waals surface area contributed by atoms with Crippen molar-refractivity contribution in [3.63, 3.8) is 0 Å². The first-order valence-corrected chi connectivity index (χ1v) is 6.04. The average molecular weight is 249 g/mol. The standard InChI is InChI=1S/C13H15NO4/c1-16-13(15)10-4-5-14(10)9-2-3-11-12(8-9)18-7-6-17-11/h2-3,8,10H,4-7H2,1H3. The van der Waals surface area contributed by atoms with E-state index in [1.807, 2.05) is 23.1 Å². The summed E-state index contributed by atoms with van der Waals surface area (Å²) in [5.74, 6) is 1.32. The molecule has 0 aliphatic carbocycles. The van der Waals surface area contributed by atoms with E-state index in [0.717, 1.165) is 30.2 Å². The highest BCUT2D eigenvalue weighted by atomic mass is 16.6. The Kier molecular flexibility index (Phi) is 2.74. The molecule has 1 unspecified atom stereocenters. The lowest BCUT2D eigenvalue weighted by Gasteiger charge is -2.41. The van der Waals surface area contributed by atoms with Gasteiger partial charge in [-0.05, 0) is 18.6 Å². The molecular weight excluding hydrogens is 234 g/mol. The van der Waals surface area contributed by atoms with E-state index in [9.17, 15) is 4.79 Å². The van der Waals surface area contributed by atoms with Gasteiger partial charge in [-0.1, -0.05) is 0 Å². The molecule has 1 fully saturated rings. The summed E-state index contributed by atoms with van der Waals surface area (Å²) in [5, 5.41) is 0. The number of carbonyl (C=O) groups excluding carboxylic acids is 1. The number of hydrogen-bond donors (Lipinski definition) is 0. The zero-order valence-electron chi connectivity index (χ0n) is 10.2. The molecule has 18 heavy (non-hydrogen) atoms. The van der Waals surface area contributed by atoms with Crippen LogP contribution in [0.4, 0.5) is 5.69 Å². The van der Waals surface area contributed by atoms with E-state index >= 15 is 0 Å². The van der Waals surface area contributed by atoms with Gasteiger partial charge in [0.1, 0.15) is 19.3 Å². The van der Waals surface area contributed by atoms with Gasteiger partial charge in [0.05, 0.1) is 7.11 Å². The minimum Gasteiger partial charge on any atom is -0.486 e. The van der Waals surface area contributed by atoms with Crippen LogP contribution in [0.1, 0.15) is 6.42 Å². The summed E-state index contributed by atoms with van der Waals surface area (Å²) in [6.07, 6.45) is 0.834. The van der Waals surface area contributed by atoms with Gasteiger partial charge in [0.25, 0.3) is 0 Å². The van der Waals surface area contributed by atoms with Crippen molar-refractivity contribution in [2.45, 2.75) is 12.5 Å². The summed E-state index contributed by atoms with van der Waals surface area (Å²) in [7, 11) is 1.42. The minimum atomic E-state index is -0.184. The van der Waals surface area contributed by atoms with Crippen molar-refractivity contribution in [1.29, 1.82) is 0 Å². The summed E-state index contributed by atoms with van der Waals surface area (Å²) in [6, 6.07) is 5.58. The topological polar surface area (TPSA) is 48.0 Å². The van der Waals surface area contributed by atoms with E-state index in [0.29, 0.717) is 13.2 Å². The Morgan fingerprint density at radius 3 is 2.78 bits per heavy atom. The Balaban J connectivity index is 1.82. The van der Waals surface area contributed by atoms with Gasteiger partial charge < -0.3 is 19.1 Å². The summed E-state index contributed by atoms with van der Waals surface area (Å²) >= 11 is 0. The van der Waals surface area contributed by atoms with E-state index in [-0.39, 0.29) is 12.0 Å².